The maximum Gasteiger partial charge on any atom is 0.287 e. The van der Waals surface area contributed by atoms with Gasteiger partial charge in [0.05, 0.1) is 4.92 Å². The highest BCUT2D eigenvalue weighted by atomic mass is 16.6. The number of rotatable bonds is 3. The van der Waals surface area contributed by atoms with E-state index in [0.717, 1.165) is 18.5 Å². The summed E-state index contributed by atoms with van der Waals surface area (Å²) in [6.07, 6.45) is 3.21. The summed E-state index contributed by atoms with van der Waals surface area (Å²) in [5.74, 6) is 0. The Hall–Kier alpha value is -1.45. The molecule has 0 atom stereocenters. The number of pyridine rings is 1. The van der Waals surface area contributed by atoms with E-state index >= 15 is 0 Å². The minimum atomic E-state index is -0.430. The topological polar surface area (TPSA) is 56.0 Å². The average Bonchev–Trinajstić information content (AvgIpc) is 2.14. The van der Waals surface area contributed by atoms with Gasteiger partial charge in [0.1, 0.15) is 6.20 Å². The molecule has 15 heavy (non-hydrogen) atoms. The summed E-state index contributed by atoms with van der Waals surface area (Å²) in [5.41, 5.74) is 1.23. The number of aryl methyl sites for hydroxylation is 1. The van der Waals surface area contributed by atoms with E-state index < -0.39 is 4.92 Å². The van der Waals surface area contributed by atoms with Crippen LogP contribution in [0.2, 0.25) is 0 Å². The van der Waals surface area contributed by atoms with Gasteiger partial charge in [-0.2, -0.15) is 0 Å². The number of hydrogen-bond donors (Lipinski definition) is 0. The number of nitro groups is 1. The van der Waals surface area contributed by atoms with Crippen molar-refractivity contribution in [3.63, 3.8) is 0 Å². The van der Waals surface area contributed by atoms with Gasteiger partial charge in [0.25, 0.3) is 5.69 Å². The monoisotopic (exact) mass is 208 g/mol. The molecule has 4 nitrogen and oxygen atoms in total. The highest BCUT2D eigenvalue weighted by molar-refractivity contribution is 5.26. The van der Waals surface area contributed by atoms with Crippen molar-refractivity contribution < 1.29 is 4.92 Å². The van der Waals surface area contributed by atoms with Crippen molar-refractivity contribution in [2.75, 3.05) is 0 Å². The van der Waals surface area contributed by atoms with E-state index in [0.29, 0.717) is 0 Å². The van der Waals surface area contributed by atoms with Crippen molar-refractivity contribution in [2.45, 2.75) is 33.6 Å². The molecule has 0 aliphatic rings. The molecule has 1 rings (SSSR count). The van der Waals surface area contributed by atoms with E-state index in [9.17, 15) is 10.1 Å². The highest BCUT2D eigenvalue weighted by Gasteiger charge is 2.11. The summed E-state index contributed by atoms with van der Waals surface area (Å²) >= 11 is 0. The normalized spacial score (nSPS) is 11.4. The zero-order valence-corrected chi connectivity index (χ0v) is 9.36. The molecule has 0 bridgehead atoms. The van der Waals surface area contributed by atoms with Gasteiger partial charge in [0.15, 0.2) is 0 Å². The minimum absolute atomic E-state index is 0.0505. The molecule has 0 fully saturated rings. The Labute approximate surface area is 89.5 Å². The van der Waals surface area contributed by atoms with Crippen molar-refractivity contribution in [1.29, 1.82) is 0 Å². The van der Waals surface area contributed by atoms with Gasteiger partial charge in [-0.05, 0) is 24.3 Å². The second-order valence-electron chi connectivity index (χ2n) is 4.83. The van der Waals surface area contributed by atoms with Crippen LogP contribution in [0, 0.1) is 15.5 Å². The lowest BCUT2D eigenvalue weighted by Crippen LogP contribution is -2.07. The molecule has 0 saturated carbocycles. The Balaban J connectivity index is 2.61. The largest absolute Gasteiger partial charge is 0.287 e. The average molecular weight is 208 g/mol. The van der Waals surface area contributed by atoms with Crippen molar-refractivity contribution >= 4 is 5.69 Å². The van der Waals surface area contributed by atoms with Gasteiger partial charge < -0.3 is 0 Å². The van der Waals surface area contributed by atoms with Gasteiger partial charge in [-0.1, -0.05) is 20.8 Å². The predicted molar refractivity (Wildman–Crippen MR) is 58.7 cm³/mol. The van der Waals surface area contributed by atoms with Crippen LogP contribution in [0.15, 0.2) is 18.3 Å². The molecule has 1 heterocycles. The Kier molecular flexibility index (Phi) is 3.39. The van der Waals surface area contributed by atoms with E-state index in [2.05, 4.69) is 25.8 Å². The van der Waals surface area contributed by atoms with Crippen LogP contribution in [-0.2, 0) is 6.42 Å². The van der Waals surface area contributed by atoms with Crippen molar-refractivity contribution in [3.05, 3.63) is 34.1 Å². The molecular formula is C11H16N2O2. The maximum atomic E-state index is 10.4. The number of aromatic nitrogens is 1. The molecule has 0 aromatic carbocycles. The second-order valence-corrected chi connectivity index (χ2v) is 4.83. The lowest BCUT2D eigenvalue weighted by atomic mass is 9.90. The third-order valence-electron chi connectivity index (χ3n) is 2.15. The molecule has 0 aliphatic carbocycles. The number of hydrogen-bond acceptors (Lipinski definition) is 3. The molecular weight excluding hydrogens is 192 g/mol. The van der Waals surface area contributed by atoms with Crippen LogP contribution in [-0.4, -0.2) is 9.91 Å². The third kappa shape index (κ3) is 4.06. The molecule has 1 aromatic rings. The van der Waals surface area contributed by atoms with Gasteiger partial charge in [-0.3, -0.25) is 15.1 Å². The summed E-state index contributed by atoms with van der Waals surface area (Å²) < 4.78 is 0. The first-order valence-corrected chi connectivity index (χ1v) is 4.98. The van der Waals surface area contributed by atoms with Gasteiger partial charge in [0.2, 0.25) is 0 Å². The quantitative estimate of drug-likeness (QED) is 0.566. The van der Waals surface area contributed by atoms with Crippen LogP contribution in [0.5, 0.6) is 0 Å². The molecule has 0 spiro atoms. The van der Waals surface area contributed by atoms with Gasteiger partial charge >= 0.3 is 0 Å². The summed E-state index contributed by atoms with van der Waals surface area (Å²) in [5, 5.41) is 10.4. The summed E-state index contributed by atoms with van der Waals surface area (Å²) in [7, 11) is 0. The summed E-state index contributed by atoms with van der Waals surface area (Å²) in [6.45, 7) is 6.50. The second kappa shape index (κ2) is 4.38. The van der Waals surface area contributed by atoms with Crippen LogP contribution in [0.3, 0.4) is 0 Å². The fraction of sp³-hybridized carbons (Fsp3) is 0.545. The Morgan fingerprint density at radius 3 is 2.47 bits per heavy atom. The first-order chi connectivity index (χ1) is 6.88. The molecule has 0 amide bonds. The third-order valence-corrected chi connectivity index (χ3v) is 2.15. The summed E-state index contributed by atoms with van der Waals surface area (Å²) in [6, 6.07) is 3.23. The molecule has 0 radical (unpaired) electrons. The minimum Gasteiger partial charge on any atom is -0.258 e. The molecule has 0 saturated heterocycles. The molecule has 0 N–H and O–H groups in total. The van der Waals surface area contributed by atoms with Gasteiger partial charge in [0, 0.05) is 11.8 Å². The maximum absolute atomic E-state index is 10.4. The predicted octanol–water partition coefficient (Wildman–Crippen LogP) is 2.97. The standard InChI is InChI=1S/C11H16N2O2/c1-11(2,3)7-6-9-4-5-10(8-12-9)13(14)15/h4-5,8H,6-7H2,1-3H3. The fourth-order valence-electron chi connectivity index (χ4n) is 1.18. The Morgan fingerprint density at radius 1 is 1.40 bits per heavy atom. The molecule has 1 aromatic heterocycles. The Morgan fingerprint density at radius 2 is 2.07 bits per heavy atom. The van der Waals surface area contributed by atoms with Crippen LogP contribution in [0.1, 0.15) is 32.9 Å². The van der Waals surface area contributed by atoms with Crippen molar-refractivity contribution in [1.82, 2.24) is 4.98 Å². The van der Waals surface area contributed by atoms with Crippen LogP contribution in [0.25, 0.3) is 0 Å². The van der Waals surface area contributed by atoms with E-state index in [1.807, 2.05) is 0 Å². The first kappa shape index (κ1) is 11.6. The van der Waals surface area contributed by atoms with Crippen LogP contribution < -0.4 is 0 Å². The van der Waals surface area contributed by atoms with Gasteiger partial charge in [-0.15, -0.1) is 0 Å². The van der Waals surface area contributed by atoms with Crippen molar-refractivity contribution in [3.8, 4) is 0 Å². The molecule has 0 unspecified atom stereocenters. The van der Waals surface area contributed by atoms with Crippen LogP contribution >= 0.6 is 0 Å². The van der Waals surface area contributed by atoms with E-state index in [1.165, 1.54) is 12.3 Å². The van der Waals surface area contributed by atoms with E-state index in [1.54, 1.807) is 6.07 Å². The zero-order chi connectivity index (χ0) is 11.5. The van der Waals surface area contributed by atoms with Crippen molar-refractivity contribution in [2.24, 2.45) is 5.41 Å². The lowest BCUT2D eigenvalue weighted by Gasteiger charge is -2.17. The SMILES string of the molecule is CC(C)(C)CCc1ccc([N+](=O)[O-])cn1. The number of nitrogens with zero attached hydrogens (tertiary/aromatic N) is 2. The highest BCUT2D eigenvalue weighted by Crippen LogP contribution is 2.21. The molecule has 82 valence electrons. The van der Waals surface area contributed by atoms with Crippen LogP contribution in [0.4, 0.5) is 5.69 Å². The first-order valence-electron chi connectivity index (χ1n) is 4.98. The smallest absolute Gasteiger partial charge is 0.258 e. The van der Waals surface area contributed by atoms with E-state index in [4.69, 9.17) is 0 Å². The van der Waals surface area contributed by atoms with E-state index in [-0.39, 0.29) is 11.1 Å². The zero-order valence-electron chi connectivity index (χ0n) is 9.36. The van der Waals surface area contributed by atoms with Gasteiger partial charge in [-0.25, -0.2) is 0 Å². The lowest BCUT2D eigenvalue weighted by molar-refractivity contribution is -0.385. The fourth-order valence-corrected chi connectivity index (χ4v) is 1.18. The molecule has 0 aliphatic heterocycles. The molecule has 4 heteroatoms. The summed E-state index contributed by atoms with van der Waals surface area (Å²) in [4.78, 5) is 14.0. The Bertz CT molecular complexity index is 339.